The van der Waals surface area contributed by atoms with Crippen molar-refractivity contribution >= 4 is 5.91 Å². The van der Waals surface area contributed by atoms with E-state index in [2.05, 4.69) is 29.8 Å². The summed E-state index contributed by atoms with van der Waals surface area (Å²) in [6, 6.07) is 0.495. The minimum Gasteiger partial charge on any atom is -0.378 e. The summed E-state index contributed by atoms with van der Waals surface area (Å²) in [5.74, 6) is 0.273. The number of amides is 1. The van der Waals surface area contributed by atoms with E-state index in [0.717, 1.165) is 19.6 Å². The molecule has 0 aromatic carbocycles. The molecule has 0 saturated carbocycles. The molecule has 0 bridgehead atoms. The summed E-state index contributed by atoms with van der Waals surface area (Å²) in [5, 5.41) is 9.20. The molecule has 0 aromatic rings. The first-order valence-corrected chi connectivity index (χ1v) is 8.07. The van der Waals surface area contributed by atoms with Gasteiger partial charge in [0.2, 0.25) is 5.91 Å². The monoisotopic (exact) mass is 307 g/mol. The number of nitrogens with one attached hydrogen (secondary N) is 3. The number of ether oxygens (including phenoxy) is 2. The zero-order valence-corrected chi connectivity index (χ0v) is 14.0. The Labute approximate surface area is 132 Å². The molecule has 0 aliphatic carbocycles. The van der Waals surface area contributed by atoms with Crippen molar-refractivity contribution in [3.05, 3.63) is 0 Å². The molecular weight excluding hydrogens is 270 g/mol. The zero-order valence-electron chi connectivity index (χ0n) is 14.0. The molecule has 1 amide bonds. The van der Waals surface area contributed by atoms with Crippen molar-refractivity contribution in [2.45, 2.75) is 33.7 Å². The van der Waals surface area contributed by atoms with E-state index in [1.54, 1.807) is 0 Å². The lowest BCUT2D eigenvalue weighted by atomic mass is 10.0. The van der Waals surface area contributed by atoms with E-state index in [-0.39, 0.29) is 14.7 Å². The third-order valence-electron chi connectivity index (χ3n) is 2.87. The quantitative estimate of drug-likeness (QED) is 0.494. The van der Waals surface area contributed by atoms with Gasteiger partial charge < -0.3 is 25.4 Å². The standard InChI is InChI=1S/C13H27N3O3.C2H6.2H2/c1-11(2)15-3-5-18-7-8-19-6-4-16-13(17)12-9-14-10-12;1-2;;/h11-12,14-15H,3-10H2,1-2H3,(H,16,17);1-2H3;2*1H. The number of carbonyl (C=O) groups excluding carboxylic acids is 1. The largest absolute Gasteiger partial charge is 0.378 e. The van der Waals surface area contributed by atoms with Crippen molar-refractivity contribution in [1.29, 1.82) is 0 Å². The topological polar surface area (TPSA) is 71.6 Å². The summed E-state index contributed by atoms with van der Waals surface area (Å²) in [5.41, 5.74) is 0. The molecule has 0 radical (unpaired) electrons. The van der Waals surface area contributed by atoms with Crippen LogP contribution in [-0.4, -0.2) is 64.6 Å². The first-order valence-electron chi connectivity index (χ1n) is 8.07. The molecule has 130 valence electrons. The fourth-order valence-corrected chi connectivity index (χ4v) is 1.61. The van der Waals surface area contributed by atoms with Gasteiger partial charge in [0.15, 0.2) is 0 Å². The van der Waals surface area contributed by atoms with Crippen LogP contribution in [0.15, 0.2) is 0 Å². The van der Waals surface area contributed by atoms with E-state index in [4.69, 9.17) is 9.47 Å². The predicted molar refractivity (Wildman–Crippen MR) is 89.7 cm³/mol. The summed E-state index contributed by atoms with van der Waals surface area (Å²) in [7, 11) is 0. The van der Waals surface area contributed by atoms with Crippen molar-refractivity contribution in [3.63, 3.8) is 0 Å². The average molecular weight is 307 g/mol. The van der Waals surface area contributed by atoms with Gasteiger partial charge in [-0.2, -0.15) is 0 Å². The molecule has 6 nitrogen and oxygen atoms in total. The van der Waals surface area contributed by atoms with Gasteiger partial charge in [0, 0.05) is 35.1 Å². The normalized spacial score (nSPS) is 14.3. The highest BCUT2D eigenvalue weighted by Crippen LogP contribution is 2.01. The molecule has 1 saturated heterocycles. The number of hydrogen-bond acceptors (Lipinski definition) is 5. The molecule has 1 fully saturated rings. The van der Waals surface area contributed by atoms with Crippen LogP contribution in [-0.2, 0) is 14.3 Å². The maximum atomic E-state index is 11.4. The van der Waals surface area contributed by atoms with Crippen molar-refractivity contribution in [2.24, 2.45) is 5.92 Å². The van der Waals surface area contributed by atoms with Crippen LogP contribution in [0.5, 0.6) is 0 Å². The van der Waals surface area contributed by atoms with E-state index >= 15 is 0 Å². The zero-order chi connectivity index (χ0) is 15.9. The van der Waals surface area contributed by atoms with E-state index in [1.807, 2.05) is 13.8 Å². The van der Waals surface area contributed by atoms with Gasteiger partial charge in [0.05, 0.1) is 32.3 Å². The smallest absolute Gasteiger partial charge is 0.225 e. The van der Waals surface area contributed by atoms with Crippen molar-refractivity contribution in [1.82, 2.24) is 16.0 Å². The first-order chi connectivity index (χ1) is 10.2. The lowest BCUT2D eigenvalue weighted by Crippen LogP contribution is -2.51. The summed E-state index contributed by atoms with van der Waals surface area (Å²) in [4.78, 5) is 11.4. The van der Waals surface area contributed by atoms with E-state index in [9.17, 15) is 4.79 Å². The Kier molecular flexibility index (Phi) is 13.8. The molecule has 6 heteroatoms. The van der Waals surface area contributed by atoms with Gasteiger partial charge in [0.25, 0.3) is 0 Å². The number of hydrogen-bond donors (Lipinski definition) is 3. The Balaban J connectivity index is -0.000000960. The molecule has 3 N–H and O–H groups in total. The number of carbonyl (C=O) groups is 1. The molecule has 1 heterocycles. The maximum absolute atomic E-state index is 11.4. The fourth-order valence-electron chi connectivity index (χ4n) is 1.61. The minimum absolute atomic E-state index is 0. The third kappa shape index (κ3) is 11.6. The summed E-state index contributed by atoms with van der Waals surface area (Å²) >= 11 is 0. The molecule has 0 aromatic heterocycles. The van der Waals surface area contributed by atoms with Gasteiger partial charge in [-0.25, -0.2) is 0 Å². The first kappa shape index (κ1) is 20.3. The van der Waals surface area contributed by atoms with Crippen molar-refractivity contribution < 1.29 is 17.1 Å². The van der Waals surface area contributed by atoms with Gasteiger partial charge in [0.1, 0.15) is 0 Å². The molecule has 0 unspecified atom stereocenters. The average Bonchev–Trinajstić information content (AvgIpc) is 2.41. The van der Waals surface area contributed by atoms with Gasteiger partial charge in [-0.1, -0.05) is 27.7 Å². The molecule has 0 atom stereocenters. The van der Waals surface area contributed by atoms with Crippen LogP contribution < -0.4 is 16.0 Å². The predicted octanol–water partition coefficient (Wildman–Crippen LogP) is 0.871. The highest BCUT2D eigenvalue weighted by Gasteiger charge is 2.23. The summed E-state index contributed by atoms with van der Waals surface area (Å²) in [6.07, 6.45) is 0. The van der Waals surface area contributed by atoms with E-state index in [0.29, 0.717) is 39.0 Å². The second-order valence-corrected chi connectivity index (χ2v) is 4.98. The van der Waals surface area contributed by atoms with Crippen LogP contribution >= 0.6 is 0 Å². The molecule has 1 aliphatic heterocycles. The fraction of sp³-hybridized carbons (Fsp3) is 0.933. The molecule has 1 aliphatic rings. The Morgan fingerprint density at radius 2 is 1.71 bits per heavy atom. The Hall–Kier alpha value is -0.690. The molecule has 21 heavy (non-hydrogen) atoms. The van der Waals surface area contributed by atoms with Crippen LogP contribution in [0.3, 0.4) is 0 Å². The van der Waals surface area contributed by atoms with Gasteiger partial charge in [-0.05, 0) is 0 Å². The van der Waals surface area contributed by atoms with E-state index < -0.39 is 0 Å². The second-order valence-electron chi connectivity index (χ2n) is 4.98. The third-order valence-corrected chi connectivity index (χ3v) is 2.87. The van der Waals surface area contributed by atoms with Crippen molar-refractivity contribution in [3.8, 4) is 0 Å². The molecule has 1 rings (SSSR count). The molecule has 0 spiro atoms. The highest BCUT2D eigenvalue weighted by molar-refractivity contribution is 5.79. The van der Waals surface area contributed by atoms with Crippen LogP contribution in [0, 0.1) is 5.92 Å². The Morgan fingerprint density at radius 3 is 2.19 bits per heavy atom. The van der Waals surface area contributed by atoms with Gasteiger partial charge in [-0.3, -0.25) is 4.79 Å². The minimum atomic E-state index is 0. The van der Waals surface area contributed by atoms with Crippen LogP contribution in [0.2, 0.25) is 0 Å². The summed E-state index contributed by atoms with van der Waals surface area (Å²) < 4.78 is 10.8. The Bertz CT molecular complexity index is 256. The summed E-state index contributed by atoms with van der Waals surface area (Å²) in [6.45, 7) is 13.7. The SMILES string of the molecule is CC.CC(C)NCCOCCOCCNC(=O)C1CNC1.[HH].[HH]. The van der Waals surface area contributed by atoms with Crippen LogP contribution in [0.25, 0.3) is 0 Å². The van der Waals surface area contributed by atoms with Crippen molar-refractivity contribution in [2.75, 3.05) is 52.6 Å². The highest BCUT2D eigenvalue weighted by atomic mass is 16.5. The second kappa shape index (κ2) is 14.3. The lowest BCUT2D eigenvalue weighted by molar-refractivity contribution is -0.126. The van der Waals surface area contributed by atoms with Gasteiger partial charge in [-0.15, -0.1) is 0 Å². The van der Waals surface area contributed by atoms with E-state index in [1.165, 1.54) is 0 Å². The number of rotatable bonds is 11. The van der Waals surface area contributed by atoms with Crippen LogP contribution in [0.1, 0.15) is 30.5 Å². The van der Waals surface area contributed by atoms with Crippen LogP contribution in [0.4, 0.5) is 0 Å². The maximum Gasteiger partial charge on any atom is 0.225 e. The molecular formula is C15H37N3O3. The lowest BCUT2D eigenvalue weighted by Gasteiger charge is -2.25. The van der Waals surface area contributed by atoms with Gasteiger partial charge >= 0.3 is 0 Å². The Morgan fingerprint density at radius 1 is 1.14 bits per heavy atom.